The highest BCUT2D eigenvalue weighted by Gasteiger charge is 2.33. The maximum absolute atomic E-state index is 13.1. The molecule has 5 heteroatoms. The van der Waals surface area contributed by atoms with Crippen molar-refractivity contribution in [2.45, 2.75) is 13.1 Å². The zero-order chi connectivity index (χ0) is 15.6. The van der Waals surface area contributed by atoms with Crippen LogP contribution in [0.2, 0.25) is 0 Å². The Hall–Kier alpha value is -2.30. The lowest BCUT2D eigenvalue weighted by molar-refractivity contribution is -0.137. The van der Waals surface area contributed by atoms with Gasteiger partial charge in [0.1, 0.15) is 5.75 Å². The largest absolute Gasteiger partial charge is 0.497 e. The van der Waals surface area contributed by atoms with Gasteiger partial charge in [-0.1, -0.05) is 18.2 Å². The Morgan fingerprint density at radius 1 is 1.05 bits per heavy atom. The Morgan fingerprint density at radius 2 is 1.71 bits per heavy atom. The minimum atomic E-state index is -4.48. The van der Waals surface area contributed by atoms with Crippen molar-refractivity contribution < 1.29 is 22.7 Å². The summed E-state index contributed by atoms with van der Waals surface area (Å²) >= 11 is 0. The van der Waals surface area contributed by atoms with Crippen molar-refractivity contribution in [3.8, 4) is 16.9 Å². The Labute approximate surface area is 120 Å². The van der Waals surface area contributed by atoms with Gasteiger partial charge in [-0.15, -0.1) is 0 Å². The van der Waals surface area contributed by atoms with Gasteiger partial charge in [-0.25, -0.2) is 0 Å². The van der Waals surface area contributed by atoms with Crippen molar-refractivity contribution in [1.82, 2.24) is 0 Å². The fourth-order valence-corrected chi connectivity index (χ4v) is 2.14. The summed E-state index contributed by atoms with van der Waals surface area (Å²) < 4.78 is 44.3. The summed E-state index contributed by atoms with van der Waals surface area (Å²) in [6.45, 7) is 1.31. The van der Waals surface area contributed by atoms with Gasteiger partial charge < -0.3 is 4.74 Å². The fraction of sp³-hybridized carbons (Fsp3) is 0.188. The first-order chi connectivity index (χ1) is 9.84. The van der Waals surface area contributed by atoms with Gasteiger partial charge in [0, 0.05) is 5.56 Å². The van der Waals surface area contributed by atoms with E-state index < -0.39 is 11.7 Å². The van der Waals surface area contributed by atoms with Crippen molar-refractivity contribution >= 4 is 5.78 Å². The van der Waals surface area contributed by atoms with E-state index in [2.05, 4.69) is 0 Å². The average Bonchev–Trinajstić information content (AvgIpc) is 2.45. The maximum Gasteiger partial charge on any atom is 0.417 e. The van der Waals surface area contributed by atoms with E-state index in [0.717, 1.165) is 6.07 Å². The topological polar surface area (TPSA) is 26.3 Å². The molecule has 0 bridgehead atoms. The number of halogens is 3. The number of hydrogen-bond acceptors (Lipinski definition) is 2. The van der Waals surface area contributed by atoms with Crippen molar-refractivity contribution in [2.75, 3.05) is 7.11 Å². The quantitative estimate of drug-likeness (QED) is 0.774. The lowest BCUT2D eigenvalue weighted by Crippen LogP contribution is -2.08. The van der Waals surface area contributed by atoms with Crippen molar-refractivity contribution in [3.63, 3.8) is 0 Å². The second kappa shape index (κ2) is 5.60. The third-order valence-corrected chi connectivity index (χ3v) is 3.13. The van der Waals surface area contributed by atoms with Crippen LogP contribution in [0.4, 0.5) is 13.2 Å². The summed E-state index contributed by atoms with van der Waals surface area (Å²) in [7, 11) is 1.43. The van der Waals surface area contributed by atoms with Crippen LogP contribution in [0.25, 0.3) is 11.1 Å². The first-order valence-electron chi connectivity index (χ1n) is 6.20. The second-order valence-corrected chi connectivity index (χ2v) is 4.51. The highest BCUT2D eigenvalue weighted by atomic mass is 19.4. The number of ketones is 1. The molecule has 110 valence electrons. The predicted octanol–water partition coefficient (Wildman–Crippen LogP) is 4.58. The van der Waals surface area contributed by atoms with E-state index in [9.17, 15) is 18.0 Å². The normalized spacial score (nSPS) is 11.3. The van der Waals surface area contributed by atoms with E-state index in [1.807, 2.05) is 0 Å². The predicted molar refractivity (Wildman–Crippen MR) is 73.4 cm³/mol. The van der Waals surface area contributed by atoms with Crippen LogP contribution in [-0.2, 0) is 6.18 Å². The number of hydrogen-bond donors (Lipinski definition) is 0. The SMILES string of the molecule is COc1ccc(-c2ccccc2C(F)(F)F)c(C(C)=O)c1. The summed E-state index contributed by atoms with van der Waals surface area (Å²) in [6, 6.07) is 9.66. The molecule has 0 saturated carbocycles. The lowest BCUT2D eigenvalue weighted by Gasteiger charge is -2.15. The van der Waals surface area contributed by atoms with E-state index in [1.165, 1.54) is 50.4 Å². The third kappa shape index (κ3) is 3.07. The summed E-state index contributed by atoms with van der Waals surface area (Å²) in [5, 5.41) is 0. The molecule has 0 saturated heterocycles. The molecule has 0 aromatic heterocycles. The van der Waals surface area contributed by atoms with Crippen LogP contribution in [0.5, 0.6) is 5.75 Å². The molecule has 21 heavy (non-hydrogen) atoms. The smallest absolute Gasteiger partial charge is 0.417 e. The number of ether oxygens (including phenoxy) is 1. The Morgan fingerprint density at radius 3 is 2.29 bits per heavy atom. The van der Waals surface area contributed by atoms with Crippen LogP contribution >= 0.6 is 0 Å². The molecule has 2 rings (SSSR count). The number of alkyl halides is 3. The van der Waals surface area contributed by atoms with Gasteiger partial charge in [0.25, 0.3) is 0 Å². The first kappa shape index (κ1) is 15.1. The van der Waals surface area contributed by atoms with Crippen LogP contribution in [0.1, 0.15) is 22.8 Å². The molecule has 0 unspecified atom stereocenters. The molecule has 2 aromatic rings. The number of methoxy groups -OCH3 is 1. The number of carbonyl (C=O) groups is 1. The number of benzene rings is 2. The zero-order valence-corrected chi connectivity index (χ0v) is 11.5. The molecule has 2 nitrogen and oxygen atoms in total. The van der Waals surface area contributed by atoms with Crippen LogP contribution < -0.4 is 4.74 Å². The van der Waals surface area contributed by atoms with Gasteiger partial charge in [-0.3, -0.25) is 4.79 Å². The van der Waals surface area contributed by atoms with Crippen molar-refractivity contribution in [3.05, 3.63) is 53.6 Å². The molecular weight excluding hydrogens is 281 g/mol. The van der Waals surface area contributed by atoms with E-state index in [-0.39, 0.29) is 22.5 Å². The summed E-state index contributed by atoms with van der Waals surface area (Å²) in [4.78, 5) is 11.7. The van der Waals surface area contributed by atoms with E-state index >= 15 is 0 Å². The van der Waals surface area contributed by atoms with Gasteiger partial charge in [-0.2, -0.15) is 13.2 Å². The van der Waals surface area contributed by atoms with Gasteiger partial charge in [0.2, 0.25) is 0 Å². The molecule has 0 aliphatic heterocycles. The van der Waals surface area contributed by atoms with Gasteiger partial charge in [0.15, 0.2) is 5.78 Å². The van der Waals surface area contributed by atoms with Crippen LogP contribution in [0.15, 0.2) is 42.5 Å². The molecule has 0 N–H and O–H groups in total. The molecule has 0 spiro atoms. The number of carbonyl (C=O) groups excluding carboxylic acids is 1. The van der Waals surface area contributed by atoms with Gasteiger partial charge in [0.05, 0.1) is 12.7 Å². The summed E-state index contributed by atoms with van der Waals surface area (Å²) in [5.41, 5.74) is -0.335. The Kier molecular flexibility index (Phi) is 4.02. The maximum atomic E-state index is 13.1. The molecule has 0 amide bonds. The molecule has 0 atom stereocenters. The van der Waals surface area contributed by atoms with Gasteiger partial charge >= 0.3 is 6.18 Å². The Balaban J connectivity index is 2.71. The first-order valence-corrected chi connectivity index (χ1v) is 6.20. The highest BCUT2D eigenvalue weighted by Crippen LogP contribution is 2.38. The molecular formula is C16H13F3O2. The highest BCUT2D eigenvalue weighted by molar-refractivity contribution is 6.01. The lowest BCUT2D eigenvalue weighted by atomic mass is 9.93. The average molecular weight is 294 g/mol. The molecule has 0 heterocycles. The van der Waals surface area contributed by atoms with Crippen molar-refractivity contribution in [2.24, 2.45) is 0 Å². The standard InChI is InChI=1S/C16H13F3O2/c1-10(20)14-9-11(21-2)7-8-12(14)13-5-3-4-6-15(13)16(17,18)19/h3-9H,1-2H3. The van der Waals surface area contributed by atoms with E-state index in [0.29, 0.717) is 5.75 Å². The minimum Gasteiger partial charge on any atom is -0.497 e. The molecule has 2 aromatic carbocycles. The van der Waals surface area contributed by atoms with Crippen molar-refractivity contribution in [1.29, 1.82) is 0 Å². The Bertz CT molecular complexity index is 675. The van der Waals surface area contributed by atoms with Crippen LogP contribution in [0, 0.1) is 0 Å². The molecule has 0 radical (unpaired) electrons. The molecule has 0 fully saturated rings. The molecule has 0 aliphatic carbocycles. The number of rotatable bonds is 3. The third-order valence-electron chi connectivity index (χ3n) is 3.13. The monoisotopic (exact) mass is 294 g/mol. The second-order valence-electron chi connectivity index (χ2n) is 4.51. The zero-order valence-electron chi connectivity index (χ0n) is 11.5. The van der Waals surface area contributed by atoms with Crippen LogP contribution in [0.3, 0.4) is 0 Å². The number of Topliss-reactive ketones (excluding diaryl/α,β-unsaturated/α-hetero) is 1. The molecule has 0 aliphatic rings. The fourth-order valence-electron chi connectivity index (χ4n) is 2.14. The summed E-state index contributed by atoms with van der Waals surface area (Å²) in [5.74, 6) is 0.106. The van der Waals surface area contributed by atoms with E-state index in [4.69, 9.17) is 4.74 Å². The minimum absolute atomic E-state index is 0.0159. The summed E-state index contributed by atoms with van der Waals surface area (Å²) in [6.07, 6.45) is -4.48. The van der Waals surface area contributed by atoms with E-state index in [1.54, 1.807) is 0 Å². The van der Waals surface area contributed by atoms with Crippen LogP contribution in [-0.4, -0.2) is 12.9 Å². The van der Waals surface area contributed by atoms with Gasteiger partial charge in [-0.05, 0) is 42.3 Å².